The van der Waals surface area contributed by atoms with Gasteiger partial charge in [0.1, 0.15) is 5.69 Å². The average molecular weight is 280 g/mol. The molecule has 0 radical (unpaired) electrons. The van der Waals surface area contributed by atoms with Gasteiger partial charge in [-0.3, -0.25) is 0 Å². The minimum Gasteiger partial charge on any atom is -0.387 e. The molecule has 0 bridgehead atoms. The molecule has 3 rings (SSSR count). The summed E-state index contributed by atoms with van der Waals surface area (Å²) in [5.41, 5.74) is 0.664. The first kappa shape index (κ1) is 14.0. The summed E-state index contributed by atoms with van der Waals surface area (Å²) in [5, 5.41) is 17.7. The Morgan fingerprint density at radius 2 is 1.90 bits per heavy atom. The Morgan fingerprint density at radius 1 is 1.20 bits per heavy atom. The number of aliphatic hydroxyl groups is 1. The van der Waals surface area contributed by atoms with Crippen molar-refractivity contribution in [2.45, 2.75) is 50.8 Å². The second-order valence-corrected chi connectivity index (χ2v) is 5.91. The molecule has 2 aliphatic heterocycles. The van der Waals surface area contributed by atoms with Gasteiger partial charge in [-0.15, -0.1) is 5.10 Å². The number of ether oxygens (including phenoxy) is 1. The summed E-state index contributed by atoms with van der Waals surface area (Å²) in [7, 11) is 0. The van der Waals surface area contributed by atoms with Crippen LogP contribution in [0, 0.1) is 0 Å². The summed E-state index contributed by atoms with van der Waals surface area (Å²) in [6, 6.07) is 1.12. The number of hydrogen-bond donors (Lipinski definition) is 1. The van der Waals surface area contributed by atoms with Crippen molar-refractivity contribution >= 4 is 0 Å². The highest BCUT2D eigenvalue weighted by atomic mass is 16.5. The molecule has 0 saturated carbocycles. The third-order valence-electron chi connectivity index (χ3n) is 4.54. The first-order valence-electron chi connectivity index (χ1n) is 7.65. The summed E-state index contributed by atoms with van der Waals surface area (Å²) in [4.78, 5) is 2.60. The van der Waals surface area contributed by atoms with Crippen LogP contribution in [-0.4, -0.2) is 57.3 Å². The largest absolute Gasteiger partial charge is 0.387 e. The molecule has 1 aromatic rings. The SMILES string of the molecule is CC(O)c1cn(C2CCN(C3CCOCC3)CC2)nn1. The smallest absolute Gasteiger partial charge is 0.111 e. The summed E-state index contributed by atoms with van der Waals surface area (Å²) in [6.45, 7) is 5.79. The predicted octanol–water partition coefficient (Wildman–Crippen LogP) is 1.15. The maximum Gasteiger partial charge on any atom is 0.111 e. The van der Waals surface area contributed by atoms with Gasteiger partial charge in [-0.05, 0) is 32.6 Å². The van der Waals surface area contributed by atoms with Crippen LogP contribution in [0.25, 0.3) is 0 Å². The number of nitrogens with zero attached hydrogens (tertiary/aromatic N) is 4. The second kappa shape index (κ2) is 6.20. The van der Waals surface area contributed by atoms with E-state index in [4.69, 9.17) is 4.74 Å². The lowest BCUT2D eigenvalue weighted by atomic mass is 10.00. The molecule has 0 aromatic carbocycles. The Labute approximate surface area is 119 Å². The number of piperidine rings is 1. The summed E-state index contributed by atoms with van der Waals surface area (Å²) >= 11 is 0. The minimum atomic E-state index is -0.536. The van der Waals surface area contributed by atoms with Crippen LogP contribution in [0.3, 0.4) is 0 Å². The lowest BCUT2D eigenvalue weighted by Crippen LogP contribution is -2.44. The number of hydrogen-bond acceptors (Lipinski definition) is 5. The minimum absolute atomic E-state index is 0.422. The van der Waals surface area contributed by atoms with Crippen LogP contribution in [-0.2, 0) is 4.74 Å². The van der Waals surface area contributed by atoms with Gasteiger partial charge in [0.05, 0.1) is 18.3 Å². The molecule has 0 spiro atoms. The Hall–Kier alpha value is -0.980. The molecular formula is C14H24N4O2. The van der Waals surface area contributed by atoms with Gasteiger partial charge < -0.3 is 14.7 Å². The second-order valence-electron chi connectivity index (χ2n) is 5.91. The predicted molar refractivity (Wildman–Crippen MR) is 74.3 cm³/mol. The molecule has 20 heavy (non-hydrogen) atoms. The molecule has 1 N–H and O–H groups in total. The van der Waals surface area contributed by atoms with E-state index in [9.17, 15) is 5.11 Å². The normalized spacial score (nSPS) is 24.9. The highest BCUT2D eigenvalue weighted by Crippen LogP contribution is 2.26. The van der Waals surface area contributed by atoms with E-state index < -0.39 is 6.10 Å². The van der Waals surface area contributed by atoms with Gasteiger partial charge in [-0.1, -0.05) is 5.21 Å². The van der Waals surface area contributed by atoms with Gasteiger partial charge in [-0.25, -0.2) is 4.68 Å². The van der Waals surface area contributed by atoms with Crippen molar-refractivity contribution in [3.63, 3.8) is 0 Å². The molecule has 0 amide bonds. The Kier molecular flexibility index (Phi) is 4.33. The first-order chi connectivity index (χ1) is 9.74. The van der Waals surface area contributed by atoms with Gasteiger partial charge in [-0.2, -0.15) is 0 Å². The monoisotopic (exact) mass is 280 g/mol. The van der Waals surface area contributed by atoms with Crippen molar-refractivity contribution < 1.29 is 9.84 Å². The van der Waals surface area contributed by atoms with Gasteiger partial charge in [0, 0.05) is 32.3 Å². The Morgan fingerprint density at radius 3 is 2.50 bits per heavy atom. The van der Waals surface area contributed by atoms with E-state index >= 15 is 0 Å². The van der Waals surface area contributed by atoms with Crippen LogP contribution < -0.4 is 0 Å². The van der Waals surface area contributed by atoms with Crippen molar-refractivity contribution in [3.05, 3.63) is 11.9 Å². The summed E-state index contributed by atoms with van der Waals surface area (Å²) in [5.74, 6) is 0. The topological polar surface area (TPSA) is 63.4 Å². The van der Waals surface area contributed by atoms with Crippen molar-refractivity contribution in [2.24, 2.45) is 0 Å². The molecule has 6 nitrogen and oxygen atoms in total. The lowest BCUT2D eigenvalue weighted by Gasteiger charge is -2.39. The van der Waals surface area contributed by atoms with Gasteiger partial charge in [0.2, 0.25) is 0 Å². The van der Waals surface area contributed by atoms with Crippen LogP contribution in [0.5, 0.6) is 0 Å². The lowest BCUT2D eigenvalue weighted by molar-refractivity contribution is 0.0211. The van der Waals surface area contributed by atoms with Crippen molar-refractivity contribution in [1.29, 1.82) is 0 Å². The van der Waals surface area contributed by atoms with Crippen molar-refractivity contribution in [2.75, 3.05) is 26.3 Å². The number of likely N-dealkylation sites (tertiary alicyclic amines) is 1. The maximum absolute atomic E-state index is 9.51. The highest BCUT2D eigenvalue weighted by molar-refractivity contribution is 4.97. The van der Waals surface area contributed by atoms with E-state index in [0.29, 0.717) is 17.8 Å². The third kappa shape index (κ3) is 3.02. The summed E-state index contributed by atoms with van der Waals surface area (Å²) in [6.07, 6.45) is 5.91. The van der Waals surface area contributed by atoms with Crippen LogP contribution in [0.4, 0.5) is 0 Å². The molecule has 2 saturated heterocycles. The maximum atomic E-state index is 9.51. The molecule has 3 heterocycles. The van der Waals surface area contributed by atoms with Gasteiger partial charge in [0.25, 0.3) is 0 Å². The zero-order chi connectivity index (χ0) is 13.9. The highest BCUT2D eigenvalue weighted by Gasteiger charge is 2.27. The zero-order valence-electron chi connectivity index (χ0n) is 12.1. The molecule has 1 unspecified atom stereocenters. The number of rotatable bonds is 3. The molecule has 6 heteroatoms. The molecule has 2 fully saturated rings. The van der Waals surface area contributed by atoms with Gasteiger partial charge >= 0.3 is 0 Å². The molecule has 2 aliphatic rings. The fraction of sp³-hybridized carbons (Fsp3) is 0.857. The van der Waals surface area contributed by atoms with Crippen molar-refractivity contribution in [3.8, 4) is 0 Å². The number of aromatic nitrogens is 3. The van der Waals surface area contributed by atoms with Crippen LogP contribution in [0.1, 0.15) is 50.4 Å². The number of aliphatic hydroxyl groups excluding tert-OH is 1. The quantitative estimate of drug-likeness (QED) is 0.900. The third-order valence-corrected chi connectivity index (χ3v) is 4.54. The Balaban J connectivity index is 1.54. The van der Waals surface area contributed by atoms with Crippen LogP contribution in [0.15, 0.2) is 6.20 Å². The molecule has 112 valence electrons. The zero-order valence-corrected chi connectivity index (χ0v) is 12.1. The van der Waals surface area contributed by atoms with Crippen LogP contribution in [0.2, 0.25) is 0 Å². The van der Waals surface area contributed by atoms with E-state index in [1.165, 1.54) is 12.8 Å². The fourth-order valence-corrected chi connectivity index (χ4v) is 3.23. The summed E-state index contributed by atoms with van der Waals surface area (Å²) < 4.78 is 7.37. The standard InChI is InChI=1S/C14H24N4O2/c1-11(19)14-10-18(16-15-14)13-2-6-17(7-3-13)12-4-8-20-9-5-12/h10-13,19H,2-9H2,1H3. The Bertz CT molecular complexity index is 421. The molecular weight excluding hydrogens is 256 g/mol. The van der Waals surface area contributed by atoms with Crippen molar-refractivity contribution in [1.82, 2.24) is 19.9 Å². The van der Waals surface area contributed by atoms with Gasteiger partial charge in [0.15, 0.2) is 0 Å². The average Bonchev–Trinajstić information content (AvgIpc) is 2.98. The van der Waals surface area contributed by atoms with E-state index in [2.05, 4.69) is 15.2 Å². The van der Waals surface area contributed by atoms with E-state index in [1.807, 2.05) is 10.9 Å². The molecule has 0 aliphatic carbocycles. The molecule has 1 aromatic heterocycles. The van der Waals surface area contributed by atoms with Crippen LogP contribution >= 0.6 is 0 Å². The van der Waals surface area contributed by atoms with E-state index in [0.717, 1.165) is 39.1 Å². The molecule has 1 atom stereocenters. The van der Waals surface area contributed by atoms with E-state index in [1.54, 1.807) is 6.92 Å². The first-order valence-corrected chi connectivity index (χ1v) is 7.65. The fourth-order valence-electron chi connectivity index (χ4n) is 3.23. The van der Waals surface area contributed by atoms with E-state index in [-0.39, 0.29) is 0 Å².